The Hall–Kier alpha value is -2.26. The lowest BCUT2D eigenvalue weighted by Gasteiger charge is -2.10. The molecule has 7 nitrogen and oxygen atoms in total. The molecule has 0 saturated heterocycles. The van der Waals surface area contributed by atoms with Crippen molar-refractivity contribution in [2.45, 2.75) is 50.7 Å². The van der Waals surface area contributed by atoms with Gasteiger partial charge in [0.05, 0.1) is 17.5 Å². The lowest BCUT2D eigenvalue weighted by Crippen LogP contribution is -2.15. The van der Waals surface area contributed by atoms with Crippen molar-refractivity contribution in [3.63, 3.8) is 0 Å². The molecule has 146 valence electrons. The molecule has 0 atom stereocenters. The first-order valence-electron chi connectivity index (χ1n) is 9.34. The summed E-state index contributed by atoms with van der Waals surface area (Å²) in [4.78, 5) is 16.9. The van der Waals surface area contributed by atoms with Crippen molar-refractivity contribution >= 4 is 34.1 Å². The Kier molecular flexibility index (Phi) is 5.72. The smallest absolute Gasteiger partial charge is 0.236 e. The van der Waals surface area contributed by atoms with Crippen molar-refractivity contribution < 1.29 is 4.79 Å². The van der Waals surface area contributed by atoms with Crippen LogP contribution in [0.3, 0.4) is 0 Å². The molecular formula is C19H22N6OS2. The van der Waals surface area contributed by atoms with Crippen LogP contribution in [0.4, 0.5) is 5.13 Å². The third kappa shape index (κ3) is 4.25. The van der Waals surface area contributed by atoms with E-state index in [1.807, 2.05) is 10.1 Å². The second kappa shape index (κ2) is 8.40. The van der Waals surface area contributed by atoms with Gasteiger partial charge >= 0.3 is 0 Å². The predicted octanol–water partition coefficient (Wildman–Crippen LogP) is 4.26. The van der Waals surface area contributed by atoms with E-state index in [4.69, 9.17) is 0 Å². The Bertz CT molecular complexity index is 976. The summed E-state index contributed by atoms with van der Waals surface area (Å²) in [5, 5.41) is 18.1. The zero-order valence-corrected chi connectivity index (χ0v) is 17.5. The van der Waals surface area contributed by atoms with Gasteiger partial charge in [-0.2, -0.15) is 0 Å². The van der Waals surface area contributed by atoms with Gasteiger partial charge in [0.25, 0.3) is 0 Å². The maximum absolute atomic E-state index is 12.3. The summed E-state index contributed by atoms with van der Waals surface area (Å²) in [5.41, 5.74) is 4.42. The zero-order chi connectivity index (χ0) is 19.5. The highest BCUT2D eigenvalue weighted by atomic mass is 32.2. The molecule has 1 saturated carbocycles. The third-order valence-electron chi connectivity index (χ3n) is 5.02. The van der Waals surface area contributed by atoms with E-state index in [0.29, 0.717) is 16.3 Å². The molecule has 1 aromatic carbocycles. The first kappa shape index (κ1) is 19.1. The molecule has 3 aromatic rings. The van der Waals surface area contributed by atoms with Crippen LogP contribution in [-0.2, 0) is 4.79 Å². The Balaban J connectivity index is 1.35. The number of aromatic nitrogens is 5. The summed E-state index contributed by atoms with van der Waals surface area (Å²) in [6, 6.07) is 6.63. The maximum atomic E-state index is 12.3. The molecule has 28 heavy (non-hydrogen) atoms. The summed E-state index contributed by atoms with van der Waals surface area (Å²) < 4.78 is 1.87. The second-order valence-electron chi connectivity index (χ2n) is 7.02. The number of rotatable bonds is 6. The van der Waals surface area contributed by atoms with Crippen LogP contribution in [0.2, 0.25) is 0 Å². The van der Waals surface area contributed by atoms with Crippen LogP contribution in [0.5, 0.6) is 0 Å². The Morgan fingerprint density at radius 3 is 2.89 bits per heavy atom. The number of nitrogens with zero attached hydrogens (tertiary/aromatic N) is 5. The quantitative estimate of drug-likeness (QED) is 0.607. The van der Waals surface area contributed by atoms with Crippen LogP contribution >= 0.6 is 23.1 Å². The first-order chi connectivity index (χ1) is 13.6. The average Bonchev–Trinajstić information content (AvgIpc) is 3.43. The molecule has 1 amide bonds. The number of hydrogen-bond acceptors (Lipinski definition) is 7. The number of anilines is 1. The maximum Gasteiger partial charge on any atom is 0.236 e. The van der Waals surface area contributed by atoms with Gasteiger partial charge in [-0.05, 0) is 54.3 Å². The fourth-order valence-corrected chi connectivity index (χ4v) is 4.79. The second-order valence-corrected chi connectivity index (χ2v) is 8.82. The van der Waals surface area contributed by atoms with E-state index in [1.54, 1.807) is 0 Å². The lowest BCUT2D eigenvalue weighted by molar-refractivity contribution is -0.113. The fourth-order valence-electron chi connectivity index (χ4n) is 3.31. The van der Waals surface area contributed by atoms with Crippen LogP contribution in [0, 0.1) is 13.8 Å². The van der Waals surface area contributed by atoms with Crippen molar-refractivity contribution in [3.05, 3.63) is 34.7 Å². The SMILES string of the molecule is Cc1ccc(-c2csc(NC(=O)CSc3nnnn3C3CCCC3)n2)cc1C. The van der Waals surface area contributed by atoms with E-state index >= 15 is 0 Å². The standard InChI is InChI=1S/C19H22N6OS2/c1-12-7-8-14(9-13(12)2)16-10-27-18(20-16)21-17(26)11-28-19-22-23-24-25(19)15-5-3-4-6-15/h7-10,15H,3-6,11H2,1-2H3,(H,20,21,26). The highest BCUT2D eigenvalue weighted by Gasteiger charge is 2.22. The van der Waals surface area contributed by atoms with Crippen molar-refractivity contribution in [1.82, 2.24) is 25.2 Å². The van der Waals surface area contributed by atoms with Gasteiger partial charge in [-0.25, -0.2) is 9.67 Å². The number of hydrogen-bond donors (Lipinski definition) is 1. The van der Waals surface area contributed by atoms with Gasteiger partial charge in [-0.15, -0.1) is 16.4 Å². The minimum atomic E-state index is -0.105. The summed E-state index contributed by atoms with van der Waals surface area (Å²) in [7, 11) is 0. The van der Waals surface area contributed by atoms with Gasteiger partial charge in [0.2, 0.25) is 11.1 Å². The normalized spacial score (nSPS) is 14.5. The van der Waals surface area contributed by atoms with Gasteiger partial charge in [-0.3, -0.25) is 4.79 Å². The molecule has 0 unspecified atom stereocenters. The molecule has 4 rings (SSSR count). The summed E-state index contributed by atoms with van der Waals surface area (Å²) in [6.07, 6.45) is 4.63. The van der Waals surface area contributed by atoms with Gasteiger partial charge in [0.1, 0.15) is 0 Å². The molecule has 2 aromatic heterocycles. The number of nitrogens with one attached hydrogen (secondary N) is 1. The van der Waals surface area contributed by atoms with E-state index in [-0.39, 0.29) is 11.7 Å². The van der Waals surface area contributed by atoms with E-state index in [2.05, 4.69) is 57.9 Å². The van der Waals surface area contributed by atoms with Crippen molar-refractivity contribution in [1.29, 1.82) is 0 Å². The largest absolute Gasteiger partial charge is 0.301 e. The third-order valence-corrected chi connectivity index (χ3v) is 6.71. The van der Waals surface area contributed by atoms with Crippen LogP contribution < -0.4 is 5.32 Å². The Morgan fingerprint density at radius 2 is 2.11 bits per heavy atom. The Labute approximate surface area is 172 Å². The van der Waals surface area contributed by atoms with Gasteiger partial charge < -0.3 is 5.32 Å². The van der Waals surface area contributed by atoms with Crippen molar-refractivity contribution in [2.75, 3.05) is 11.1 Å². The number of aryl methyl sites for hydroxylation is 2. The number of amides is 1. The van der Waals surface area contributed by atoms with Crippen molar-refractivity contribution in [2.24, 2.45) is 0 Å². The number of tetrazole rings is 1. The molecule has 1 fully saturated rings. The van der Waals surface area contributed by atoms with Gasteiger partial charge in [0, 0.05) is 10.9 Å². The zero-order valence-electron chi connectivity index (χ0n) is 15.9. The van der Waals surface area contributed by atoms with Crippen LogP contribution in [-0.4, -0.2) is 36.9 Å². The summed E-state index contributed by atoms with van der Waals surface area (Å²) >= 11 is 2.80. The van der Waals surface area contributed by atoms with E-state index in [9.17, 15) is 4.79 Å². The predicted molar refractivity (Wildman–Crippen MR) is 112 cm³/mol. The van der Waals surface area contributed by atoms with Gasteiger partial charge in [-0.1, -0.05) is 36.7 Å². The fraction of sp³-hybridized carbons (Fsp3) is 0.421. The molecule has 0 aliphatic heterocycles. The molecule has 1 N–H and O–H groups in total. The molecule has 1 aliphatic carbocycles. The van der Waals surface area contributed by atoms with Crippen LogP contribution in [0.25, 0.3) is 11.3 Å². The minimum Gasteiger partial charge on any atom is -0.301 e. The summed E-state index contributed by atoms with van der Waals surface area (Å²) in [5.74, 6) is 0.151. The summed E-state index contributed by atoms with van der Waals surface area (Å²) in [6.45, 7) is 4.18. The molecule has 0 bridgehead atoms. The highest BCUT2D eigenvalue weighted by molar-refractivity contribution is 7.99. The van der Waals surface area contributed by atoms with Gasteiger partial charge in [0.15, 0.2) is 5.13 Å². The minimum absolute atomic E-state index is 0.105. The molecule has 1 aliphatic rings. The number of thiazole rings is 1. The first-order valence-corrected chi connectivity index (χ1v) is 11.2. The topological polar surface area (TPSA) is 85.6 Å². The molecule has 9 heteroatoms. The monoisotopic (exact) mass is 414 g/mol. The lowest BCUT2D eigenvalue weighted by atomic mass is 10.1. The van der Waals surface area contributed by atoms with E-state index in [1.165, 1.54) is 47.1 Å². The molecule has 0 spiro atoms. The van der Waals surface area contributed by atoms with Crippen LogP contribution in [0.1, 0.15) is 42.9 Å². The molecule has 0 radical (unpaired) electrons. The molecule has 2 heterocycles. The molecular weight excluding hydrogens is 392 g/mol. The number of thioether (sulfide) groups is 1. The van der Waals surface area contributed by atoms with Crippen molar-refractivity contribution in [3.8, 4) is 11.3 Å². The van der Waals surface area contributed by atoms with E-state index in [0.717, 1.165) is 24.1 Å². The number of benzene rings is 1. The van der Waals surface area contributed by atoms with Crippen LogP contribution in [0.15, 0.2) is 28.7 Å². The number of carbonyl (C=O) groups is 1. The highest BCUT2D eigenvalue weighted by Crippen LogP contribution is 2.31. The number of carbonyl (C=O) groups excluding carboxylic acids is 1. The Morgan fingerprint density at radius 1 is 1.29 bits per heavy atom. The van der Waals surface area contributed by atoms with E-state index < -0.39 is 0 Å². The average molecular weight is 415 g/mol.